The molecule has 8 heteroatoms. The molecule has 7 nitrogen and oxygen atoms in total. The monoisotopic (exact) mass is 325 g/mol. The number of sulfonamides is 1. The molecule has 120 valence electrons. The van der Waals surface area contributed by atoms with Crippen molar-refractivity contribution in [2.24, 2.45) is 0 Å². The second-order valence-electron chi connectivity index (χ2n) is 5.35. The number of piperazine rings is 1. The normalized spacial score (nSPS) is 19.2. The first-order valence-electron chi connectivity index (χ1n) is 6.87. The highest BCUT2D eigenvalue weighted by atomic mass is 32.2. The van der Waals surface area contributed by atoms with E-state index in [2.05, 4.69) is 0 Å². The third kappa shape index (κ3) is 3.22. The predicted molar refractivity (Wildman–Crippen MR) is 80.7 cm³/mol. The molecule has 3 amide bonds. The quantitative estimate of drug-likeness (QED) is 0.860. The van der Waals surface area contributed by atoms with E-state index >= 15 is 0 Å². The average Bonchev–Trinajstić information content (AvgIpc) is 2.44. The molecule has 1 N–H and O–H groups in total. The highest BCUT2D eigenvalue weighted by Crippen LogP contribution is 2.13. The van der Waals surface area contributed by atoms with Crippen molar-refractivity contribution < 1.29 is 18.0 Å². The standard InChI is InChI=1S/C14H19N3O4S/c1-10-4-6-12(7-5-10)22(20,21)15-14(19)17-9-8-16(3)13(18)11(17)2/h4-7,11H,8-9H2,1-3H3,(H,15,19). The van der Waals surface area contributed by atoms with Gasteiger partial charge in [0, 0.05) is 20.1 Å². The van der Waals surface area contributed by atoms with Crippen molar-refractivity contribution in [3.63, 3.8) is 0 Å². The zero-order valence-electron chi connectivity index (χ0n) is 12.7. The van der Waals surface area contributed by atoms with Crippen LogP contribution in [0.2, 0.25) is 0 Å². The van der Waals surface area contributed by atoms with Crippen LogP contribution in [-0.2, 0) is 14.8 Å². The van der Waals surface area contributed by atoms with Crippen molar-refractivity contribution in [3.8, 4) is 0 Å². The van der Waals surface area contributed by atoms with Gasteiger partial charge in [0.15, 0.2) is 0 Å². The first kappa shape index (κ1) is 16.3. The summed E-state index contributed by atoms with van der Waals surface area (Å²) in [6.45, 7) is 4.09. The first-order valence-corrected chi connectivity index (χ1v) is 8.36. The highest BCUT2D eigenvalue weighted by Gasteiger charge is 2.34. The molecule has 0 spiro atoms. The van der Waals surface area contributed by atoms with Crippen molar-refractivity contribution in [3.05, 3.63) is 29.8 Å². The third-order valence-electron chi connectivity index (χ3n) is 3.69. The highest BCUT2D eigenvalue weighted by molar-refractivity contribution is 7.90. The van der Waals surface area contributed by atoms with Gasteiger partial charge in [0.2, 0.25) is 5.91 Å². The number of nitrogens with zero attached hydrogens (tertiary/aromatic N) is 2. The maximum atomic E-state index is 12.2. The number of benzene rings is 1. The van der Waals surface area contributed by atoms with Crippen molar-refractivity contribution in [1.29, 1.82) is 0 Å². The topological polar surface area (TPSA) is 86.8 Å². The zero-order valence-corrected chi connectivity index (χ0v) is 13.6. The van der Waals surface area contributed by atoms with Crippen LogP contribution < -0.4 is 4.72 Å². The van der Waals surface area contributed by atoms with E-state index in [1.807, 2.05) is 11.6 Å². The van der Waals surface area contributed by atoms with E-state index in [1.54, 1.807) is 26.1 Å². The largest absolute Gasteiger partial charge is 0.342 e. The molecule has 1 aliphatic rings. The Morgan fingerprint density at radius 2 is 1.82 bits per heavy atom. The SMILES string of the molecule is Cc1ccc(S(=O)(=O)NC(=O)N2CCN(C)C(=O)C2C)cc1. The number of urea groups is 1. The summed E-state index contributed by atoms with van der Waals surface area (Å²) in [5.74, 6) is -0.214. The molecule has 1 aromatic rings. The zero-order chi connectivity index (χ0) is 16.5. The lowest BCUT2D eigenvalue weighted by Crippen LogP contribution is -2.59. The van der Waals surface area contributed by atoms with Crippen molar-refractivity contribution in [2.75, 3.05) is 20.1 Å². The van der Waals surface area contributed by atoms with Crippen LogP contribution in [0.1, 0.15) is 12.5 Å². The number of amides is 3. The number of likely N-dealkylation sites (N-methyl/N-ethyl adjacent to an activating group) is 1. The number of nitrogens with one attached hydrogen (secondary N) is 1. The van der Waals surface area contributed by atoms with Gasteiger partial charge in [-0.05, 0) is 26.0 Å². The molecule has 0 aromatic heterocycles. The number of rotatable bonds is 2. The number of carbonyl (C=O) groups is 2. The smallest absolute Gasteiger partial charge is 0.332 e. The Morgan fingerprint density at radius 1 is 1.23 bits per heavy atom. The summed E-state index contributed by atoms with van der Waals surface area (Å²) in [6, 6.07) is 4.70. The molecule has 0 radical (unpaired) electrons. The molecule has 2 rings (SSSR count). The molecular weight excluding hydrogens is 306 g/mol. The molecule has 1 unspecified atom stereocenters. The second kappa shape index (κ2) is 5.96. The van der Waals surface area contributed by atoms with Crippen LogP contribution >= 0.6 is 0 Å². The maximum absolute atomic E-state index is 12.2. The number of aryl methyl sites for hydroxylation is 1. The maximum Gasteiger partial charge on any atom is 0.332 e. The van der Waals surface area contributed by atoms with Gasteiger partial charge in [0.05, 0.1) is 4.90 Å². The minimum absolute atomic E-state index is 0.0135. The molecule has 1 fully saturated rings. The van der Waals surface area contributed by atoms with Gasteiger partial charge in [0.25, 0.3) is 10.0 Å². The molecule has 1 saturated heterocycles. The molecule has 22 heavy (non-hydrogen) atoms. The van der Waals surface area contributed by atoms with Gasteiger partial charge in [-0.1, -0.05) is 17.7 Å². The van der Waals surface area contributed by atoms with Crippen molar-refractivity contribution in [2.45, 2.75) is 24.8 Å². The van der Waals surface area contributed by atoms with Crippen LogP contribution in [0.3, 0.4) is 0 Å². The van der Waals surface area contributed by atoms with Crippen LogP contribution in [-0.4, -0.2) is 56.3 Å². The molecule has 0 aliphatic carbocycles. The molecule has 0 bridgehead atoms. The molecule has 1 aromatic carbocycles. The van der Waals surface area contributed by atoms with E-state index in [0.29, 0.717) is 13.1 Å². The van der Waals surface area contributed by atoms with Gasteiger partial charge in [-0.25, -0.2) is 17.9 Å². The Kier molecular flexibility index (Phi) is 4.41. The van der Waals surface area contributed by atoms with E-state index in [9.17, 15) is 18.0 Å². The van der Waals surface area contributed by atoms with E-state index in [4.69, 9.17) is 0 Å². The van der Waals surface area contributed by atoms with Gasteiger partial charge in [-0.3, -0.25) is 4.79 Å². The molecular formula is C14H19N3O4S. The minimum atomic E-state index is -3.95. The van der Waals surface area contributed by atoms with E-state index in [0.717, 1.165) is 5.56 Å². The van der Waals surface area contributed by atoms with Gasteiger partial charge < -0.3 is 9.80 Å². The summed E-state index contributed by atoms with van der Waals surface area (Å²) in [7, 11) is -2.30. The van der Waals surface area contributed by atoms with Crippen LogP contribution in [0.15, 0.2) is 29.2 Å². The van der Waals surface area contributed by atoms with Gasteiger partial charge >= 0.3 is 6.03 Å². The summed E-state index contributed by atoms with van der Waals surface area (Å²) in [5, 5.41) is 0. The Morgan fingerprint density at radius 3 is 2.41 bits per heavy atom. The fraction of sp³-hybridized carbons (Fsp3) is 0.429. The summed E-state index contributed by atoms with van der Waals surface area (Å²) in [5.41, 5.74) is 0.920. The summed E-state index contributed by atoms with van der Waals surface area (Å²) < 4.78 is 26.4. The Bertz CT molecular complexity index is 685. The lowest BCUT2D eigenvalue weighted by Gasteiger charge is -2.37. The molecule has 1 atom stereocenters. The number of hydrogen-bond acceptors (Lipinski definition) is 4. The fourth-order valence-corrected chi connectivity index (χ4v) is 3.20. The first-order chi connectivity index (χ1) is 10.2. The van der Waals surface area contributed by atoms with Crippen LogP contribution in [0, 0.1) is 6.92 Å². The fourth-order valence-electron chi connectivity index (χ4n) is 2.24. The Hall–Kier alpha value is -2.09. The Labute approximate surface area is 129 Å². The summed E-state index contributed by atoms with van der Waals surface area (Å²) in [6.07, 6.45) is 0. The van der Waals surface area contributed by atoms with Crippen LogP contribution in [0.5, 0.6) is 0 Å². The van der Waals surface area contributed by atoms with Gasteiger partial charge in [0.1, 0.15) is 6.04 Å². The lowest BCUT2D eigenvalue weighted by molar-refractivity contribution is -0.137. The average molecular weight is 325 g/mol. The van der Waals surface area contributed by atoms with E-state index < -0.39 is 22.1 Å². The summed E-state index contributed by atoms with van der Waals surface area (Å²) in [4.78, 5) is 26.8. The number of hydrogen-bond donors (Lipinski definition) is 1. The third-order valence-corrected chi connectivity index (χ3v) is 5.03. The lowest BCUT2D eigenvalue weighted by atomic mass is 10.2. The molecule has 1 heterocycles. The summed E-state index contributed by atoms with van der Waals surface area (Å²) >= 11 is 0. The molecule has 0 saturated carbocycles. The van der Waals surface area contributed by atoms with E-state index in [-0.39, 0.29) is 10.8 Å². The van der Waals surface area contributed by atoms with Crippen molar-refractivity contribution in [1.82, 2.24) is 14.5 Å². The number of carbonyl (C=O) groups excluding carboxylic acids is 2. The van der Waals surface area contributed by atoms with Crippen LogP contribution in [0.4, 0.5) is 4.79 Å². The molecule has 1 aliphatic heterocycles. The van der Waals surface area contributed by atoms with Crippen molar-refractivity contribution >= 4 is 22.0 Å². The predicted octanol–water partition coefficient (Wildman–Crippen LogP) is 0.556. The minimum Gasteiger partial charge on any atom is -0.342 e. The van der Waals surface area contributed by atoms with E-state index in [1.165, 1.54) is 21.9 Å². The van der Waals surface area contributed by atoms with Gasteiger partial charge in [-0.2, -0.15) is 0 Å². The van der Waals surface area contributed by atoms with Crippen LogP contribution in [0.25, 0.3) is 0 Å². The second-order valence-corrected chi connectivity index (χ2v) is 7.04. The Balaban J connectivity index is 2.14. The van der Waals surface area contributed by atoms with Gasteiger partial charge in [-0.15, -0.1) is 0 Å².